The second-order valence-electron chi connectivity index (χ2n) is 5.19. The molecule has 0 radical (unpaired) electrons. The summed E-state index contributed by atoms with van der Waals surface area (Å²) in [5.74, 6) is -0.0394. The predicted molar refractivity (Wildman–Crippen MR) is 88.3 cm³/mol. The molecule has 1 unspecified atom stereocenters. The lowest BCUT2D eigenvalue weighted by molar-refractivity contribution is -0.119. The molecule has 6 heteroatoms. The lowest BCUT2D eigenvalue weighted by Crippen LogP contribution is -2.24. The van der Waals surface area contributed by atoms with Crippen LogP contribution in [0.5, 0.6) is 0 Å². The monoisotopic (exact) mass is 315 g/mol. The summed E-state index contributed by atoms with van der Waals surface area (Å²) in [6, 6.07) is 10.8. The van der Waals surface area contributed by atoms with E-state index in [1.807, 2.05) is 11.4 Å². The first kappa shape index (κ1) is 14.7. The number of thiophene rings is 1. The van der Waals surface area contributed by atoms with E-state index in [2.05, 4.69) is 16.0 Å². The molecule has 2 aromatic rings. The van der Waals surface area contributed by atoms with Crippen molar-refractivity contribution in [1.82, 2.24) is 5.32 Å². The van der Waals surface area contributed by atoms with Gasteiger partial charge in [-0.05, 0) is 48.7 Å². The molecule has 1 aromatic heterocycles. The van der Waals surface area contributed by atoms with Crippen LogP contribution in [-0.2, 0) is 4.79 Å². The third-order valence-corrected chi connectivity index (χ3v) is 4.46. The summed E-state index contributed by atoms with van der Waals surface area (Å²) >= 11 is 1.40. The number of benzene rings is 1. The Balaban J connectivity index is 1.58. The van der Waals surface area contributed by atoms with Gasteiger partial charge in [0.15, 0.2) is 0 Å². The molecular weight excluding hydrogens is 298 g/mol. The molecule has 3 rings (SSSR count). The fourth-order valence-electron chi connectivity index (χ4n) is 2.36. The van der Waals surface area contributed by atoms with Gasteiger partial charge in [0, 0.05) is 17.9 Å². The van der Waals surface area contributed by atoms with Gasteiger partial charge in [0.1, 0.15) is 0 Å². The highest BCUT2D eigenvalue weighted by Gasteiger charge is 2.22. The maximum atomic E-state index is 12.0. The van der Waals surface area contributed by atoms with Crippen LogP contribution in [0.3, 0.4) is 0 Å². The van der Waals surface area contributed by atoms with Gasteiger partial charge < -0.3 is 16.0 Å². The standard InChI is InChI=1S/C16H17N3O2S/c20-15(11-7-8-17-10-11)18-12-3-5-13(6-4-12)19-16(21)14-2-1-9-22-14/h1-6,9,11,17H,7-8,10H2,(H,18,20)(H,19,21). The van der Waals surface area contributed by atoms with Gasteiger partial charge in [-0.2, -0.15) is 0 Å². The molecule has 5 nitrogen and oxygen atoms in total. The minimum Gasteiger partial charge on any atom is -0.326 e. The molecule has 2 heterocycles. The van der Waals surface area contributed by atoms with Crippen molar-refractivity contribution in [2.75, 3.05) is 23.7 Å². The smallest absolute Gasteiger partial charge is 0.265 e. The third-order valence-electron chi connectivity index (χ3n) is 3.59. The first-order valence-electron chi connectivity index (χ1n) is 7.19. The molecule has 0 bridgehead atoms. The predicted octanol–water partition coefficient (Wildman–Crippen LogP) is 2.55. The highest BCUT2D eigenvalue weighted by molar-refractivity contribution is 7.12. The Labute approximate surface area is 132 Å². The Bertz CT molecular complexity index is 647. The van der Waals surface area contributed by atoms with Crippen molar-refractivity contribution in [2.45, 2.75) is 6.42 Å². The number of nitrogens with one attached hydrogen (secondary N) is 3. The first-order valence-corrected chi connectivity index (χ1v) is 8.07. The summed E-state index contributed by atoms with van der Waals surface area (Å²) in [5, 5.41) is 10.8. The first-order chi connectivity index (χ1) is 10.7. The maximum Gasteiger partial charge on any atom is 0.265 e. The van der Waals surface area contributed by atoms with Crippen molar-refractivity contribution in [1.29, 1.82) is 0 Å². The summed E-state index contributed by atoms with van der Waals surface area (Å²) < 4.78 is 0. The average Bonchev–Trinajstić information content (AvgIpc) is 3.23. The summed E-state index contributed by atoms with van der Waals surface area (Å²) in [5.41, 5.74) is 1.45. The van der Waals surface area contributed by atoms with E-state index in [0.29, 0.717) is 10.6 Å². The van der Waals surface area contributed by atoms with E-state index in [9.17, 15) is 9.59 Å². The summed E-state index contributed by atoms with van der Waals surface area (Å²) in [6.45, 7) is 1.63. The van der Waals surface area contributed by atoms with E-state index in [1.54, 1.807) is 30.3 Å². The van der Waals surface area contributed by atoms with Crippen LogP contribution in [0.4, 0.5) is 11.4 Å². The van der Waals surface area contributed by atoms with Gasteiger partial charge in [0.25, 0.3) is 5.91 Å². The summed E-state index contributed by atoms with van der Waals surface area (Å²) in [7, 11) is 0. The quantitative estimate of drug-likeness (QED) is 0.812. The van der Waals surface area contributed by atoms with E-state index in [1.165, 1.54) is 11.3 Å². The van der Waals surface area contributed by atoms with Crippen molar-refractivity contribution < 1.29 is 9.59 Å². The molecular formula is C16H17N3O2S. The molecule has 2 amide bonds. The molecule has 0 saturated carbocycles. The van der Waals surface area contributed by atoms with Gasteiger partial charge >= 0.3 is 0 Å². The molecule has 22 heavy (non-hydrogen) atoms. The van der Waals surface area contributed by atoms with Crippen LogP contribution in [0.25, 0.3) is 0 Å². The van der Waals surface area contributed by atoms with Crippen molar-refractivity contribution in [3.8, 4) is 0 Å². The molecule has 3 N–H and O–H groups in total. The summed E-state index contributed by atoms with van der Waals surface area (Å²) in [4.78, 5) is 24.6. The Kier molecular flexibility index (Phi) is 4.50. The molecule has 1 aromatic carbocycles. The van der Waals surface area contributed by atoms with Gasteiger partial charge in [-0.3, -0.25) is 9.59 Å². The van der Waals surface area contributed by atoms with Crippen LogP contribution in [0, 0.1) is 5.92 Å². The van der Waals surface area contributed by atoms with E-state index in [0.717, 1.165) is 25.2 Å². The average molecular weight is 315 g/mol. The largest absolute Gasteiger partial charge is 0.326 e. The maximum absolute atomic E-state index is 12.0. The Morgan fingerprint density at radius 3 is 2.41 bits per heavy atom. The Hall–Kier alpha value is -2.18. The molecule has 1 aliphatic rings. The van der Waals surface area contributed by atoms with Crippen molar-refractivity contribution in [3.05, 3.63) is 46.7 Å². The fraction of sp³-hybridized carbons (Fsp3) is 0.250. The number of carbonyl (C=O) groups excluding carboxylic acids is 2. The van der Waals surface area contributed by atoms with Crippen LogP contribution in [0.15, 0.2) is 41.8 Å². The van der Waals surface area contributed by atoms with Crippen LogP contribution in [-0.4, -0.2) is 24.9 Å². The van der Waals surface area contributed by atoms with E-state index in [-0.39, 0.29) is 17.7 Å². The number of rotatable bonds is 4. The van der Waals surface area contributed by atoms with Crippen LogP contribution in [0.1, 0.15) is 16.1 Å². The minimum absolute atomic E-state index is 0.0400. The fourth-order valence-corrected chi connectivity index (χ4v) is 2.98. The van der Waals surface area contributed by atoms with E-state index in [4.69, 9.17) is 0 Å². The van der Waals surface area contributed by atoms with Gasteiger partial charge in [-0.15, -0.1) is 11.3 Å². The molecule has 1 aliphatic heterocycles. The zero-order chi connectivity index (χ0) is 15.4. The number of hydrogen-bond acceptors (Lipinski definition) is 4. The molecule has 1 fully saturated rings. The van der Waals surface area contributed by atoms with Gasteiger partial charge in [0.2, 0.25) is 5.91 Å². The molecule has 1 atom stereocenters. The lowest BCUT2D eigenvalue weighted by atomic mass is 10.1. The Morgan fingerprint density at radius 2 is 1.82 bits per heavy atom. The number of anilines is 2. The van der Waals surface area contributed by atoms with Crippen LogP contribution < -0.4 is 16.0 Å². The van der Waals surface area contributed by atoms with Crippen molar-refractivity contribution in [2.24, 2.45) is 5.92 Å². The zero-order valence-electron chi connectivity index (χ0n) is 12.0. The molecule has 0 spiro atoms. The van der Waals surface area contributed by atoms with Crippen LogP contribution >= 0.6 is 11.3 Å². The molecule has 1 saturated heterocycles. The van der Waals surface area contributed by atoms with Gasteiger partial charge in [-0.25, -0.2) is 0 Å². The normalized spacial score (nSPS) is 17.2. The summed E-state index contributed by atoms with van der Waals surface area (Å²) in [6.07, 6.45) is 0.876. The number of amides is 2. The number of hydrogen-bond donors (Lipinski definition) is 3. The minimum atomic E-state index is -0.121. The van der Waals surface area contributed by atoms with Gasteiger partial charge in [0.05, 0.1) is 10.8 Å². The number of carbonyl (C=O) groups is 2. The van der Waals surface area contributed by atoms with E-state index < -0.39 is 0 Å². The second kappa shape index (κ2) is 6.72. The Morgan fingerprint density at radius 1 is 1.09 bits per heavy atom. The van der Waals surface area contributed by atoms with Crippen LogP contribution in [0.2, 0.25) is 0 Å². The SMILES string of the molecule is O=C(Nc1ccc(NC(=O)C2CCNC2)cc1)c1cccs1. The third kappa shape index (κ3) is 3.52. The zero-order valence-corrected chi connectivity index (χ0v) is 12.8. The lowest BCUT2D eigenvalue weighted by Gasteiger charge is -2.10. The van der Waals surface area contributed by atoms with E-state index >= 15 is 0 Å². The second-order valence-corrected chi connectivity index (χ2v) is 6.14. The molecule has 0 aliphatic carbocycles. The van der Waals surface area contributed by atoms with Crippen molar-refractivity contribution in [3.63, 3.8) is 0 Å². The van der Waals surface area contributed by atoms with Crippen molar-refractivity contribution >= 4 is 34.5 Å². The highest BCUT2D eigenvalue weighted by atomic mass is 32.1. The molecule has 114 valence electrons. The topological polar surface area (TPSA) is 70.2 Å². The van der Waals surface area contributed by atoms with Gasteiger partial charge in [-0.1, -0.05) is 6.07 Å². The highest BCUT2D eigenvalue weighted by Crippen LogP contribution is 2.18.